The van der Waals surface area contributed by atoms with Gasteiger partial charge in [-0.15, -0.1) is 0 Å². The molecule has 84 valence electrons. The highest BCUT2D eigenvalue weighted by Crippen LogP contribution is 2.21. The lowest BCUT2D eigenvalue weighted by Gasteiger charge is -2.03. The van der Waals surface area contributed by atoms with E-state index in [1.54, 1.807) is 0 Å². The number of hydrogen-bond acceptors (Lipinski definition) is 2. The quantitative estimate of drug-likeness (QED) is 0.860. The van der Waals surface area contributed by atoms with E-state index in [-0.39, 0.29) is 5.92 Å². The maximum atomic E-state index is 5.83. The monoisotopic (exact) mass is 235 g/mol. The van der Waals surface area contributed by atoms with Crippen molar-refractivity contribution in [1.29, 1.82) is 0 Å². The normalized spacial score (nSPS) is 12.7. The predicted molar refractivity (Wildman–Crippen MR) is 66.5 cm³/mol. The van der Waals surface area contributed by atoms with Gasteiger partial charge in [0.2, 0.25) is 0 Å². The molecular formula is C12H14ClN3. The Labute approximate surface area is 99.7 Å². The minimum Gasteiger partial charge on any atom is -0.342 e. The van der Waals surface area contributed by atoms with E-state index in [9.17, 15) is 0 Å². The van der Waals surface area contributed by atoms with Crippen LogP contribution in [0.5, 0.6) is 0 Å². The van der Waals surface area contributed by atoms with E-state index >= 15 is 0 Å². The molecule has 0 saturated carbocycles. The van der Waals surface area contributed by atoms with Gasteiger partial charge < -0.3 is 10.7 Å². The van der Waals surface area contributed by atoms with E-state index in [0.717, 1.165) is 22.1 Å². The molecule has 1 unspecified atom stereocenters. The van der Waals surface area contributed by atoms with Gasteiger partial charge in [0.05, 0.1) is 11.9 Å². The first kappa shape index (κ1) is 11.2. The van der Waals surface area contributed by atoms with Crippen LogP contribution in [0.4, 0.5) is 0 Å². The Balaban J connectivity index is 2.28. The van der Waals surface area contributed by atoms with Crippen molar-refractivity contribution in [2.75, 3.05) is 6.54 Å². The summed E-state index contributed by atoms with van der Waals surface area (Å²) in [6, 6.07) is 7.66. The molecule has 0 bridgehead atoms. The van der Waals surface area contributed by atoms with Gasteiger partial charge in [-0.25, -0.2) is 4.98 Å². The van der Waals surface area contributed by atoms with Crippen LogP contribution in [-0.4, -0.2) is 16.5 Å². The van der Waals surface area contributed by atoms with Crippen molar-refractivity contribution in [3.05, 3.63) is 41.3 Å². The summed E-state index contributed by atoms with van der Waals surface area (Å²) >= 11 is 5.83. The van der Waals surface area contributed by atoms with Gasteiger partial charge in [-0.1, -0.05) is 30.7 Å². The number of imidazole rings is 1. The van der Waals surface area contributed by atoms with Gasteiger partial charge in [0.15, 0.2) is 0 Å². The van der Waals surface area contributed by atoms with Crippen molar-refractivity contribution in [3.63, 3.8) is 0 Å². The second-order valence-corrected chi connectivity index (χ2v) is 4.26. The highest BCUT2D eigenvalue weighted by Gasteiger charge is 2.08. The topological polar surface area (TPSA) is 54.7 Å². The molecule has 0 saturated heterocycles. The van der Waals surface area contributed by atoms with Gasteiger partial charge in [-0.2, -0.15) is 0 Å². The Morgan fingerprint density at radius 2 is 2.06 bits per heavy atom. The lowest BCUT2D eigenvalue weighted by molar-refractivity contribution is 0.725. The number of nitrogens with zero attached hydrogens (tertiary/aromatic N) is 1. The second-order valence-electron chi connectivity index (χ2n) is 3.83. The first-order chi connectivity index (χ1) is 7.70. The summed E-state index contributed by atoms with van der Waals surface area (Å²) in [5, 5.41) is 0.735. The largest absolute Gasteiger partial charge is 0.342 e. The van der Waals surface area contributed by atoms with Gasteiger partial charge in [-0.3, -0.25) is 0 Å². The molecule has 3 N–H and O–H groups in total. The summed E-state index contributed by atoms with van der Waals surface area (Å²) in [5.41, 5.74) is 7.66. The summed E-state index contributed by atoms with van der Waals surface area (Å²) in [4.78, 5) is 7.58. The zero-order chi connectivity index (χ0) is 11.5. The van der Waals surface area contributed by atoms with Crippen LogP contribution < -0.4 is 5.73 Å². The molecule has 1 heterocycles. The lowest BCUT2D eigenvalue weighted by atomic mass is 10.1. The zero-order valence-electron chi connectivity index (χ0n) is 9.07. The molecule has 1 aromatic heterocycles. The number of H-pyrrole nitrogens is 1. The van der Waals surface area contributed by atoms with E-state index in [2.05, 4.69) is 9.97 Å². The molecule has 1 atom stereocenters. The maximum Gasteiger partial charge on any atom is 0.110 e. The van der Waals surface area contributed by atoms with E-state index < -0.39 is 0 Å². The van der Waals surface area contributed by atoms with Crippen LogP contribution in [0, 0.1) is 0 Å². The highest BCUT2D eigenvalue weighted by atomic mass is 35.5. The number of nitrogens with two attached hydrogens (primary N) is 1. The Kier molecular flexibility index (Phi) is 3.27. The average molecular weight is 236 g/mol. The third-order valence-electron chi connectivity index (χ3n) is 2.57. The van der Waals surface area contributed by atoms with Crippen LogP contribution in [0.2, 0.25) is 5.02 Å². The molecule has 3 nitrogen and oxygen atoms in total. The summed E-state index contributed by atoms with van der Waals surface area (Å²) in [6.07, 6.45) is 1.82. The Bertz CT molecular complexity index is 461. The van der Waals surface area contributed by atoms with Crippen LogP contribution in [0.3, 0.4) is 0 Å². The molecule has 0 spiro atoms. The number of aromatic nitrogens is 2. The van der Waals surface area contributed by atoms with Crippen molar-refractivity contribution in [2.24, 2.45) is 5.73 Å². The number of hydrogen-bond donors (Lipinski definition) is 2. The summed E-state index contributed by atoms with van der Waals surface area (Å²) in [7, 11) is 0. The smallest absolute Gasteiger partial charge is 0.110 e. The molecule has 2 rings (SSSR count). The summed E-state index contributed by atoms with van der Waals surface area (Å²) < 4.78 is 0. The van der Waals surface area contributed by atoms with Gasteiger partial charge >= 0.3 is 0 Å². The van der Waals surface area contributed by atoms with Gasteiger partial charge in [0, 0.05) is 17.5 Å². The Morgan fingerprint density at radius 1 is 1.38 bits per heavy atom. The van der Waals surface area contributed by atoms with Crippen molar-refractivity contribution >= 4 is 11.6 Å². The second kappa shape index (κ2) is 4.68. The van der Waals surface area contributed by atoms with Crippen LogP contribution in [0.25, 0.3) is 11.3 Å². The Morgan fingerprint density at radius 3 is 2.69 bits per heavy atom. The lowest BCUT2D eigenvalue weighted by Crippen LogP contribution is -2.10. The molecular weight excluding hydrogens is 222 g/mol. The minimum absolute atomic E-state index is 0.251. The van der Waals surface area contributed by atoms with E-state index in [1.807, 2.05) is 37.4 Å². The molecule has 0 aliphatic heterocycles. The molecule has 0 radical (unpaired) electrons. The summed E-state index contributed by atoms with van der Waals surface area (Å²) in [5.74, 6) is 1.17. The van der Waals surface area contributed by atoms with E-state index in [0.29, 0.717) is 6.54 Å². The van der Waals surface area contributed by atoms with Gasteiger partial charge in [0.25, 0.3) is 0 Å². The molecule has 4 heteroatoms. The third-order valence-corrected chi connectivity index (χ3v) is 2.82. The van der Waals surface area contributed by atoms with Crippen molar-refractivity contribution in [3.8, 4) is 11.3 Å². The van der Waals surface area contributed by atoms with Crippen molar-refractivity contribution < 1.29 is 0 Å². The molecule has 1 aromatic carbocycles. The molecule has 16 heavy (non-hydrogen) atoms. The fourth-order valence-corrected chi connectivity index (χ4v) is 1.60. The first-order valence-corrected chi connectivity index (χ1v) is 5.59. The Hall–Kier alpha value is -1.32. The number of benzene rings is 1. The number of aromatic amines is 1. The third kappa shape index (κ3) is 2.26. The van der Waals surface area contributed by atoms with Gasteiger partial charge in [-0.05, 0) is 17.7 Å². The fraction of sp³-hybridized carbons (Fsp3) is 0.250. The molecule has 0 aliphatic carbocycles. The van der Waals surface area contributed by atoms with Gasteiger partial charge in [0.1, 0.15) is 5.82 Å². The maximum absolute atomic E-state index is 5.83. The zero-order valence-corrected chi connectivity index (χ0v) is 9.83. The fourth-order valence-electron chi connectivity index (χ4n) is 1.47. The predicted octanol–water partition coefficient (Wildman–Crippen LogP) is 2.79. The standard InChI is InChI=1S/C12H14ClN3/c1-8(6-14)12-15-7-11(16-12)9-2-4-10(13)5-3-9/h2-5,7-8H,6,14H2,1H3,(H,15,16). The average Bonchev–Trinajstić information content (AvgIpc) is 2.78. The van der Waals surface area contributed by atoms with Crippen LogP contribution in [0.15, 0.2) is 30.5 Å². The first-order valence-electron chi connectivity index (χ1n) is 5.21. The highest BCUT2D eigenvalue weighted by molar-refractivity contribution is 6.30. The molecule has 0 amide bonds. The molecule has 0 aliphatic rings. The van der Waals surface area contributed by atoms with Crippen LogP contribution in [-0.2, 0) is 0 Å². The number of rotatable bonds is 3. The number of nitrogens with one attached hydrogen (secondary N) is 1. The van der Waals surface area contributed by atoms with Crippen molar-refractivity contribution in [2.45, 2.75) is 12.8 Å². The van der Waals surface area contributed by atoms with E-state index in [4.69, 9.17) is 17.3 Å². The number of halogens is 1. The SMILES string of the molecule is CC(CN)c1ncc(-c2ccc(Cl)cc2)[nH]1. The minimum atomic E-state index is 0.251. The summed E-state index contributed by atoms with van der Waals surface area (Å²) in [6.45, 7) is 2.64. The molecule has 2 aromatic rings. The van der Waals surface area contributed by atoms with Crippen LogP contribution in [0.1, 0.15) is 18.7 Å². The van der Waals surface area contributed by atoms with Crippen LogP contribution >= 0.6 is 11.6 Å². The van der Waals surface area contributed by atoms with E-state index in [1.165, 1.54) is 0 Å². The molecule has 0 fully saturated rings. The van der Waals surface area contributed by atoms with Crippen molar-refractivity contribution in [1.82, 2.24) is 9.97 Å².